The fraction of sp³-hybridized carbons (Fsp3) is 1.00. The van der Waals surface area contributed by atoms with Crippen molar-refractivity contribution in [2.45, 2.75) is 59.7 Å². The summed E-state index contributed by atoms with van der Waals surface area (Å²) in [6, 6.07) is 0. The van der Waals surface area contributed by atoms with Crippen molar-refractivity contribution >= 4 is 0 Å². The predicted octanol–water partition coefficient (Wildman–Crippen LogP) is 3.53. The molecule has 0 bridgehead atoms. The maximum atomic E-state index is 5.95. The molecule has 0 aromatic rings. The van der Waals surface area contributed by atoms with Crippen molar-refractivity contribution in [1.82, 2.24) is 4.90 Å². The molecule has 0 heterocycles. The smallest absolute Gasteiger partial charge is 0.163 e. The molecule has 0 amide bonds. The van der Waals surface area contributed by atoms with E-state index in [1.54, 1.807) is 0 Å². The number of hydrogen-bond donors (Lipinski definition) is 0. The Morgan fingerprint density at radius 2 is 1.39 bits per heavy atom. The maximum absolute atomic E-state index is 5.95. The molecule has 0 fully saturated rings. The van der Waals surface area contributed by atoms with Crippen LogP contribution >= 0.6 is 0 Å². The summed E-state index contributed by atoms with van der Waals surface area (Å²) >= 11 is 0. The summed E-state index contributed by atoms with van der Waals surface area (Å²) in [6.45, 7) is 11.4. The van der Waals surface area contributed by atoms with Crippen molar-refractivity contribution in [2.75, 3.05) is 33.9 Å². The van der Waals surface area contributed by atoms with Gasteiger partial charge in [0.2, 0.25) is 0 Å². The summed E-state index contributed by atoms with van der Waals surface area (Å²) in [6.07, 6.45) is 4.43. The third-order valence-corrected chi connectivity index (χ3v) is 2.90. The highest BCUT2D eigenvalue weighted by Crippen LogP contribution is 2.25. The fourth-order valence-corrected chi connectivity index (χ4v) is 2.06. The van der Waals surface area contributed by atoms with Gasteiger partial charge in [0.1, 0.15) is 0 Å². The SMILES string of the molecule is CCCCOC(OCCCC)C(C)(C)CN(C)C. The minimum atomic E-state index is -0.0991. The second-order valence-electron chi connectivity index (χ2n) is 6.01. The highest BCUT2D eigenvalue weighted by Gasteiger charge is 2.31. The Labute approximate surface area is 114 Å². The molecule has 0 aliphatic carbocycles. The van der Waals surface area contributed by atoms with Gasteiger partial charge in [-0.25, -0.2) is 0 Å². The van der Waals surface area contributed by atoms with Gasteiger partial charge in [-0.2, -0.15) is 0 Å². The van der Waals surface area contributed by atoms with Crippen LogP contribution < -0.4 is 0 Å². The molecule has 0 saturated carbocycles. The van der Waals surface area contributed by atoms with E-state index < -0.39 is 0 Å². The molecule has 0 N–H and O–H groups in total. The zero-order valence-electron chi connectivity index (χ0n) is 13.3. The molecule has 0 aliphatic rings. The van der Waals surface area contributed by atoms with E-state index in [9.17, 15) is 0 Å². The molecule has 0 saturated heterocycles. The van der Waals surface area contributed by atoms with Gasteiger partial charge < -0.3 is 14.4 Å². The van der Waals surface area contributed by atoms with Crippen LogP contribution in [0.25, 0.3) is 0 Å². The van der Waals surface area contributed by atoms with Crippen LogP contribution in [0, 0.1) is 5.41 Å². The van der Waals surface area contributed by atoms with Crippen molar-refractivity contribution in [3.63, 3.8) is 0 Å². The van der Waals surface area contributed by atoms with Gasteiger partial charge in [-0.3, -0.25) is 0 Å². The summed E-state index contributed by atoms with van der Waals surface area (Å²) in [5.74, 6) is 0. The van der Waals surface area contributed by atoms with E-state index in [-0.39, 0.29) is 11.7 Å². The van der Waals surface area contributed by atoms with Crippen LogP contribution in [0.4, 0.5) is 0 Å². The molecule has 0 rings (SSSR count). The lowest BCUT2D eigenvalue weighted by Crippen LogP contribution is -2.42. The van der Waals surface area contributed by atoms with Gasteiger partial charge in [0.05, 0.1) is 0 Å². The van der Waals surface area contributed by atoms with Crippen LogP contribution in [0.15, 0.2) is 0 Å². The molecule has 18 heavy (non-hydrogen) atoms. The molecule has 3 heteroatoms. The lowest BCUT2D eigenvalue weighted by Gasteiger charge is -2.36. The van der Waals surface area contributed by atoms with Gasteiger partial charge in [0.15, 0.2) is 6.29 Å². The minimum absolute atomic E-state index is 0.0188. The Morgan fingerprint density at radius 1 is 0.944 bits per heavy atom. The summed E-state index contributed by atoms with van der Waals surface area (Å²) in [7, 11) is 4.19. The van der Waals surface area contributed by atoms with E-state index in [0.29, 0.717) is 0 Å². The van der Waals surface area contributed by atoms with E-state index in [4.69, 9.17) is 9.47 Å². The zero-order valence-corrected chi connectivity index (χ0v) is 13.3. The van der Waals surface area contributed by atoms with Crippen LogP contribution in [0.2, 0.25) is 0 Å². The summed E-state index contributed by atoms with van der Waals surface area (Å²) in [5, 5.41) is 0. The molecule has 0 aliphatic heterocycles. The Morgan fingerprint density at radius 3 is 1.72 bits per heavy atom. The summed E-state index contributed by atoms with van der Waals surface area (Å²) < 4.78 is 11.9. The van der Waals surface area contributed by atoms with Gasteiger partial charge in [-0.15, -0.1) is 0 Å². The number of rotatable bonds is 11. The topological polar surface area (TPSA) is 21.7 Å². The maximum Gasteiger partial charge on any atom is 0.163 e. The second kappa shape index (κ2) is 9.76. The van der Waals surface area contributed by atoms with Gasteiger partial charge in [0.25, 0.3) is 0 Å². The van der Waals surface area contributed by atoms with E-state index in [0.717, 1.165) is 45.4 Å². The summed E-state index contributed by atoms with van der Waals surface area (Å²) in [4.78, 5) is 2.19. The normalized spacial score (nSPS) is 12.7. The average molecular weight is 259 g/mol. The highest BCUT2D eigenvalue weighted by molar-refractivity contribution is 4.76. The summed E-state index contributed by atoms with van der Waals surface area (Å²) in [5.41, 5.74) is 0.0188. The molecule has 0 atom stereocenters. The predicted molar refractivity (Wildman–Crippen MR) is 77.8 cm³/mol. The fourth-order valence-electron chi connectivity index (χ4n) is 2.06. The van der Waals surface area contributed by atoms with Gasteiger partial charge in [-0.05, 0) is 26.9 Å². The van der Waals surface area contributed by atoms with Gasteiger partial charge in [-0.1, -0.05) is 40.5 Å². The molecule has 3 nitrogen and oxygen atoms in total. The first kappa shape index (κ1) is 17.9. The standard InChI is InChI=1S/C15H33NO2/c1-7-9-11-17-14(18-12-10-8-2)15(3,4)13-16(5)6/h14H,7-13H2,1-6H3. The number of nitrogens with zero attached hydrogens (tertiary/aromatic N) is 1. The third kappa shape index (κ3) is 8.06. The number of ether oxygens (including phenoxy) is 2. The van der Waals surface area contributed by atoms with Crippen molar-refractivity contribution in [3.05, 3.63) is 0 Å². The van der Waals surface area contributed by atoms with E-state index in [2.05, 4.69) is 46.7 Å². The molecule has 0 aromatic carbocycles. The second-order valence-corrected chi connectivity index (χ2v) is 6.01. The van der Waals surface area contributed by atoms with Crippen molar-refractivity contribution in [1.29, 1.82) is 0 Å². The lowest BCUT2D eigenvalue weighted by atomic mass is 9.92. The Kier molecular flexibility index (Phi) is 9.70. The molecule has 0 unspecified atom stereocenters. The lowest BCUT2D eigenvalue weighted by molar-refractivity contribution is -0.202. The van der Waals surface area contributed by atoms with E-state index >= 15 is 0 Å². The third-order valence-electron chi connectivity index (χ3n) is 2.90. The van der Waals surface area contributed by atoms with Crippen LogP contribution in [-0.2, 0) is 9.47 Å². The zero-order chi connectivity index (χ0) is 14.0. The first-order valence-corrected chi connectivity index (χ1v) is 7.32. The van der Waals surface area contributed by atoms with Gasteiger partial charge in [0, 0.05) is 25.2 Å². The van der Waals surface area contributed by atoms with Crippen LogP contribution in [-0.4, -0.2) is 45.0 Å². The molecule has 0 radical (unpaired) electrons. The first-order valence-electron chi connectivity index (χ1n) is 7.32. The molecular weight excluding hydrogens is 226 g/mol. The largest absolute Gasteiger partial charge is 0.352 e. The quantitative estimate of drug-likeness (QED) is 0.418. The average Bonchev–Trinajstić information content (AvgIpc) is 2.25. The first-order chi connectivity index (χ1) is 8.44. The van der Waals surface area contributed by atoms with Crippen LogP contribution in [0.3, 0.4) is 0 Å². The monoisotopic (exact) mass is 259 g/mol. The van der Waals surface area contributed by atoms with Gasteiger partial charge >= 0.3 is 0 Å². The molecule has 110 valence electrons. The van der Waals surface area contributed by atoms with E-state index in [1.165, 1.54) is 0 Å². The Balaban J connectivity index is 4.31. The van der Waals surface area contributed by atoms with Crippen molar-refractivity contribution < 1.29 is 9.47 Å². The molecule has 0 spiro atoms. The van der Waals surface area contributed by atoms with Crippen molar-refractivity contribution in [3.8, 4) is 0 Å². The van der Waals surface area contributed by atoms with Crippen LogP contribution in [0.5, 0.6) is 0 Å². The van der Waals surface area contributed by atoms with E-state index in [1.807, 2.05) is 0 Å². The van der Waals surface area contributed by atoms with Crippen LogP contribution in [0.1, 0.15) is 53.4 Å². The Hall–Kier alpha value is -0.120. The number of unbranched alkanes of at least 4 members (excludes halogenated alkanes) is 2. The molecule has 0 aromatic heterocycles. The highest BCUT2D eigenvalue weighted by atomic mass is 16.7. The van der Waals surface area contributed by atoms with Crippen molar-refractivity contribution in [2.24, 2.45) is 5.41 Å². The minimum Gasteiger partial charge on any atom is -0.352 e. The molecular formula is C15H33NO2. The Bertz CT molecular complexity index is 183. The number of hydrogen-bond acceptors (Lipinski definition) is 3.